The van der Waals surface area contributed by atoms with Crippen LogP contribution in [0, 0.1) is 0 Å². The molecule has 2 nitrogen and oxygen atoms in total. The van der Waals surface area contributed by atoms with Gasteiger partial charge in [-0.3, -0.25) is 4.41 Å². The minimum absolute atomic E-state index is 1.25. The summed E-state index contributed by atoms with van der Waals surface area (Å²) in [6.07, 6.45) is 10.8. The van der Waals surface area contributed by atoms with Crippen LogP contribution < -0.4 is 5.84 Å². The molecule has 0 saturated heterocycles. The van der Waals surface area contributed by atoms with Crippen LogP contribution in [0.4, 0.5) is 0 Å². The quantitative estimate of drug-likeness (QED) is 0.320. The Morgan fingerprint density at radius 3 is 2.44 bits per heavy atom. The van der Waals surface area contributed by atoms with Gasteiger partial charge in [0.05, 0.1) is 0 Å². The van der Waals surface area contributed by atoms with Crippen LogP contribution in [0.2, 0.25) is 0 Å². The first-order valence-electron chi connectivity index (χ1n) is 8.79. The minimum atomic E-state index is 1.25. The highest BCUT2D eigenvalue weighted by atomic mass is 32.2. The van der Waals surface area contributed by atoms with Gasteiger partial charge in [0.15, 0.2) is 0 Å². The zero-order valence-corrected chi connectivity index (χ0v) is 15.0. The van der Waals surface area contributed by atoms with Crippen LogP contribution in [0.5, 0.6) is 0 Å². The Balaban J connectivity index is 0.000000190. The number of fused-ring (bicyclic) bond motifs is 5. The maximum Gasteiger partial charge on any atom is 0.0287 e. The van der Waals surface area contributed by atoms with Gasteiger partial charge in [0.2, 0.25) is 0 Å². The lowest BCUT2D eigenvalue weighted by atomic mass is 9.86. The zero-order valence-electron chi connectivity index (χ0n) is 14.2. The molecule has 0 atom stereocenters. The summed E-state index contributed by atoms with van der Waals surface area (Å²) in [5.74, 6) is 5.29. The van der Waals surface area contributed by atoms with Gasteiger partial charge in [-0.05, 0) is 81.8 Å². The Morgan fingerprint density at radius 1 is 0.800 bits per heavy atom. The molecule has 2 aliphatic rings. The number of rotatable bonds is 0. The van der Waals surface area contributed by atoms with Crippen molar-refractivity contribution in [3.63, 3.8) is 0 Å². The molecule has 25 heavy (non-hydrogen) atoms. The number of hydrogen-bond acceptors (Lipinski definition) is 3. The van der Waals surface area contributed by atoms with E-state index in [1.165, 1.54) is 59.2 Å². The molecular formula is C22H22N2S. The monoisotopic (exact) mass is 346 g/mol. The molecule has 0 saturated carbocycles. The molecule has 2 N–H and O–H groups in total. The fraction of sp³-hybridized carbons (Fsp3) is 0.182. The third kappa shape index (κ3) is 3.44. The summed E-state index contributed by atoms with van der Waals surface area (Å²) >= 11 is 1.46. The van der Waals surface area contributed by atoms with E-state index in [0.29, 0.717) is 0 Å². The Morgan fingerprint density at radius 2 is 1.64 bits per heavy atom. The molecule has 126 valence electrons. The van der Waals surface area contributed by atoms with Gasteiger partial charge in [-0.2, -0.15) is 0 Å². The van der Waals surface area contributed by atoms with E-state index in [2.05, 4.69) is 48.5 Å². The van der Waals surface area contributed by atoms with Crippen LogP contribution in [-0.2, 0) is 12.8 Å². The van der Waals surface area contributed by atoms with Crippen LogP contribution in [0.1, 0.15) is 24.0 Å². The fourth-order valence-corrected chi connectivity index (χ4v) is 4.10. The van der Waals surface area contributed by atoms with Crippen LogP contribution in [-0.4, -0.2) is 4.41 Å². The maximum absolute atomic E-state index is 5.29. The van der Waals surface area contributed by atoms with Crippen molar-refractivity contribution in [2.45, 2.75) is 25.7 Å². The van der Waals surface area contributed by atoms with Crippen molar-refractivity contribution in [2.24, 2.45) is 5.84 Å². The predicted molar refractivity (Wildman–Crippen MR) is 110 cm³/mol. The predicted octanol–water partition coefficient (Wildman–Crippen LogP) is 5.72. The lowest BCUT2D eigenvalue weighted by molar-refractivity contribution is 0.674. The summed E-state index contributed by atoms with van der Waals surface area (Å²) < 4.78 is 1.54. The highest BCUT2D eigenvalue weighted by Gasteiger charge is 2.13. The van der Waals surface area contributed by atoms with E-state index in [4.69, 9.17) is 5.84 Å². The molecule has 0 fully saturated rings. The Bertz CT molecular complexity index is 959. The molecule has 0 amide bonds. The Labute approximate surface area is 153 Å². The van der Waals surface area contributed by atoms with Crippen molar-refractivity contribution >= 4 is 33.5 Å². The van der Waals surface area contributed by atoms with E-state index >= 15 is 0 Å². The second-order valence-corrected chi connectivity index (χ2v) is 7.33. The number of allylic oxidation sites excluding steroid dienone is 2. The Kier molecular flexibility index (Phi) is 4.77. The van der Waals surface area contributed by atoms with Gasteiger partial charge in [0.1, 0.15) is 0 Å². The van der Waals surface area contributed by atoms with E-state index in [9.17, 15) is 0 Å². The van der Waals surface area contributed by atoms with Crippen LogP contribution in [0.3, 0.4) is 0 Å². The normalized spacial score (nSPS) is 15.8. The number of hydrazine groups is 1. The van der Waals surface area contributed by atoms with Crippen molar-refractivity contribution in [3.8, 4) is 0 Å². The number of nitrogens with zero attached hydrogens (tertiary/aromatic N) is 1. The third-order valence-electron chi connectivity index (χ3n) is 4.86. The fourth-order valence-electron chi connectivity index (χ4n) is 3.66. The van der Waals surface area contributed by atoms with Crippen molar-refractivity contribution in [1.29, 1.82) is 0 Å². The van der Waals surface area contributed by atoms with Crippen molar-refractivity contribution in [3.05, 3.63) is 83.4 Å². The van der Waals surface area contributed by atoms with Gasteiger partial charge in [-0.15, -0.1) is 0 Å². The van der Waals surface area contributed by atoms with E-state index in [1.54, 1.807) is 21.7 Å². The molecule has 1 heterocycles. The molecular weight excluding hydrogens is 324 g/mol. The van der Waals surface area contributed by atoms with E-state index in [-0.39, 0.29) is 0 Å². The van der Waals surface area contributed by atoms with Crippen molar-refractivity contribution in [2.75, 3.05) is 0 Å². The van der Waals surface area contributed by atoms with Crippen LogP contribution >= 0.6 is 11.9 Å². The highest BCUT2D eigenvalue weighted by Crippen LogP contribution is 2.33. The molecule has 1 aliphatic carbocycles. The van der Waals surface area contributed by atoms with Gasteiger partial charge >= 0.3 is 0 Å². The summed E-state index contributed by atoms with van der Waals surface area (Å²) in [6, 6.07) is 18.0. The molecule has 0 unspecified atom stereocenters. The highest BCUT2D eigenvalue weighted by molar-refractivity contribution is 7.99. The average Bonchev–Trinajstić information content (AvgIpc) is 2.68. The summed E-state index contributed by atoms with van der Waals surface area (Å²) in [6.45, 7) is 0. The average molecular weight is 346 g/mol. The molecule has 0 radical (unpaired) electrons. The number of benzene rings is 3. The first-order valence-corrected chi connectivity index (χ1v) is 9.63. The van der Waals surface area contributed by atoms with Crippen LogP contribution in [0.15, 0.2) is 72.3 Å². The third-order valence-corrected chi connectivity index (χ3v) is 5.51. The SMILES string of the molecule is NN1C=CC=CS1.c1ccc2c(c1)ccc1c3c(ccc12)CCCC3. The number of aryl methyl sites for hydroxylation is 2. The molecule has 3 heteroatoms. The van der Waals surface area contributed by atoms with E-state index < -0.39 is 0 Å². The summed E-state index contributed by atoms with van der Waals surface area (Å²) in [5.41, 5.74) is 3.17. The second kappa shape index (κ2) is 7.34. The molecule has 0 bridgehead atoms. The molecule has 0 aromatic heterocycles. The Hall–Kier alpha value is -2.23. The lowest BCUT2D eigenvalue weighted by Crippen LogP contribution is -2.15. The van der Waals surface area contributed by atoms with E-state index in [0.717, 1.165) is 0 Å². The number of nitrogens with two attached hydrogens (primary N) is 1. The minimum Gasteiger partial charge on any atom is -0.256 e. The van der Waals surface area contributed by atoms with Crippen molar-refractivity contribution in [1.82, 2.24) is 4.41 Å². The standard InChI is InChI=1S/C18H16.C4H6N2S/c1-3-7-15-13(5-1)9-11-18-16-8-4-2-6-14(16)10-12-17(15)18;5-6-3-1-2-4-7-6/h1,3,5,7,9-12H,2,4,6,8H2;1-4H,5H2. The van der Waals surface area contributed by atoms with Gasteiger partial charge in [-0.25, -0.2) is 5.84 Å². The molecule has 1 aliphatic heterocycles. The second-order valence-electron chi connectivity index (χ2n) is 6.43. The number of hydrogen-bond donors (Lipinski definition) is 1. The van der Waals surface area contributed by atoms with E-state index in [1.807, 2.05) is 17.6 Å². The first-order chi connectivity index (χ1) is 12.3. The topological polar surface area (TPSA) is 29.3 Å². The first kappa shape index (κ1) is 16.2. The lowest BCUT2D eigenvalue weighted by Gasteiger charge is -2.18. The van der Waals surface area contributed by atoms with Crippen LogP contribution in [0.25, 0.3) is 21.5 Å². The molecule has 5 rings (SSSR count). The largest absolute Gasteiger partial charge is 0.256 e. The summed E-state index contributed by atoms with van der Waals surface area (Å²) in [4.78, 5) is 0. The molecule has 3 aromatic carbocycles. The van der Waals surface area contributed by atoms with Gasteiger partial charge in [0, 0.05) is 6.20 Å². The molecule has 0 spiro atoms. The summed E-state index contributed by atoms with van der Waals surface area (Å²) in [7, 11) is 0. The smallest absolute Gasteiger partial charge is 0.0287 e. The van der Waals surface area contributed by atoms with Gasteiger partial charge in [0.25, 0.3) is 0 Å². The maximum atomic E-state index is 5.29. The zero-order chi connectivity index (χ0) is 17.1. The summed E-state index contributed by atoms with van der Waals surface area (Å²) in [5, 5.41) is 7.56. The van der Waals surface area contributed by atoms with Crippen molar-refractivity contribution < 1.29 is 0 Å². The van der Waals surface area contributed by atoms with Gasteiger partial charge in [-0.1, -0.05) is 54.6 Å². The molecule has 3 aromatic rings. The van der Waals surface area contributed by atoms with Gasteiger partial charge < -0.3 is 0 Å².